The monoisotopic (exact) mass is 600 g/mol. The number of rotatable bonds is 13. The zero-order valence-electron chi connectivity index (χ0n) is 24.5. The van der Waals surface area contributed by atoms with Crippen LogP contribution in [0, 0.1) is 17.8 Å². The van der Waals surface area contributed by atoms with Gasteiger partial charge in [0, 0.05) is 35.9 Å². The Morgan fingerprint density at radius 1 is 0.860 bits per heavy atom. The first kappa shape index (κ1) is 30.8. The van der Waals surface area contributed by atoms with Crippen LogP contribution in [0.5, 0.6) is 0 Å². The molecule has 5 rings (SSSR count). The lowest BCUT2D eigenvalue weighted by Crippen LogP contribution is -2.50. The molecule has 2 aliphatic carbocycles. The van der Waals surface area contributed by atoms with Crippen molar-refractivity contribution in [2.24, 2.45) is 17.8 Å². The molecule has 3 atom stereocenters. The van der Waals surface area contributed by atoms with Crippen molar-refractivity contribution in [2.45, 2.75) is 83.2 Å². The summed E-state index contributed by atoms with van der Waals surface area (Å²) in [6.07, 6.45) is 7.96. The van der Waals surface area contributed by atoms with Crippen LogP contribution in [-0.4, -0.2) is 35.2 Å². The second-order valence-electron chi connectivity index (χ2n) is 12.1. The van der Waals surface area contributed by atoms with E-state index in [1.54, 1.807) is 0 Å². The van der Waals surface area contributed by atoms with E-state index in [1.807, 2.05) is 60.7 Å². The van der Waals surface area contributed by atoms with Gasteiger partial charge in [-0.25, -0.2) is 0 Å². The molecule has 3 aromatic rings. The average Bonchev–Trinajstić information content (AvgIpc) is 3.65. The Morgan fingerprint density at radius 3 is 2.33 bits per heavy atom. The van der Waals surface area contributed by atoms with E-state index in [1.165, 1.54) is 17.8 Å². The summed E-state index contributed by atoms with van der Waals surface area (Å²) in [6, 6.07) is 17.9. The van der Waals surface area contributed by atoms with E-state index in [4.69, 9.17) is 0 Å². The van der Waals surface area contributed by atoms with E-state index < -0.39 is 23.7 Å². The fraction of sp³-hybridized carbons (Fsp3) is 0.457. The maximum Gasteiger partial charge on any atom is 0.289 e. The fourth-order valence-electron chi connectivity index (χ4n) is 6.52. The molecule has 2 aromatic carbocycles. The normalized spacial score (nSPS) is 18.7. The van der Waals surface area contributed by atoms with Gasteiger partial charge in [-0.2, -0.15) is 0 Å². The lowest BCUT2D eigenvalue weighted by atomic mass is 9.80. The number of carbonyl (C=O) groups is 5. The Labute approximate surface area is 256 Å². The third kappa shape index (κ3) is 8.25. The smallest absolute Gasteiger partial charge is 0.289 e. The van der Waals surface area contributed by atoms with Gasteiger partial charge in [0.2, 0.25) is 11.7 Å². The number of hydrogen-bond acceptors (Lipinski definition) is 6. The minimum atomic E-state index is -1.12. The third-order valence-electron chi connectivity index (χ3n) is 8.95. The molecular weight excluding hydrogens is 560 g/mol. The first-order chi connectivity index (χ1) is 20.9. The molecule has 0 spiro atoms. The largest absolute Gasteiger partial charge is 0.345 e. The second-order valence-corrected chi connectivity index (χ2v) is 13.2. The molecule has 0 radical (unpaired) electrons. The molecule has 2 saturated carbocycles. The number of benzene rings is 2. The molecule has 1 heterocycles. The van der Waals surface area contributed by atoms with Crippen LogP contribution >= 0.6 is 11.3 Å². The van der Waals surface area contributed by atoms with Crippen molar-refractivity contribution in [2.75, 3.05) is 0 Å². The highest BCUT2D eigenvalue weighted by molar-refractivity contribution is 7.20. The van der Waals surface area contributed by atoms with Crippen LogP contribution in [0.15, 0.2) is 60.7 Å². The molecule has 2 fully saturated rings. The van der Waals surface area contributed by atoms with Gasteiger partial charge in [0.1, 0.15) is 5.78 Å². The summed E-state index contributed by atoms with van der Waals surface area (Å²) in [6.45, 7) is 0.183. The van der Waals surface area contributed by atoms with Crippen LogP contribution in [0.3, 0.4) is 0 Å². The van der Waals surface area contributed by atoms with Crippen molar-refractivity contribution >= 4 is 50.6 Å². The second kappa shape index (κ2) is 14.7. The van der Waals surface area contributed by atoms with Crippen molar-refractivity contribution in [3.05, 3.63) is 71.1 Å². The molecule has 0 bridgehead atoms. The Balaban J connectivity index is 1.32. The highest BCUT2D eigenvalue weighted by Crippen LogP contribution is 2.33. The fourth-order valence-corrected chi connectivity index (χ4v) is 7.53. The Bertz CT molecular complexity index is 1430. The van der Waals surface area contributed by atoms with Crippen LogP contribution in [0.2, 0.25) is 0 Å². The number of ketones is 3. The van der Waals surface area contributed by atoms with E-state index in [-0.39, 0.29) is 42.8 Å². The summed E-state index contributed by atoms with van der Waals surface area (Å²) in [7, 11) is 0. The van der Waals surface area contributed by atoms with Gasteiger partial charge in [-0.15, -0.1) is 11.3 Å². The van der Waals surface area contributed by atoms with Gasteiger partial charge in [0.25, 0.3) is 5.91 Å². The van der Waals surface area contributed by atoms with Crippen LogP contribution in [-0.2, 0) is 25.7 Å². The van der Waals surface area contributed by atoms with Crippen molar-refractivity contribution in [3.8, 4) is 0 Å². The number of carbonyl (C=O) groups excluding carboxylic acids is 5. The average molecular weight is 601 g/mol. The van der Waals surface area contributed by atoms with Gasteiger partial charge < -0.3 is 10.6 Å². The van der Waals surface area contributed by atoms with Crippen molar-refractivity contribution in [1.82, 2.24) is 10.6 Å². The zero-order valence-corrected chi connectivity index (χ0v) is 25.3. The van der Waals surface area contributed by atoms with Crippen LogP contribution in [0.25, 0.3) is 10.1 Å². The van der Waals surface area contributed by atoms with E-state index in [2.05, 4.69) is 10.6 Å². The lowest BCUT2D eigenvalue weighted by molar-refractivity contribution is -0.141. The van der Waals surface area contributed by atoms with Crippen LogP contribution in [0.4, 0.5) is 0 Å². The first-order valence-corrected chi connectivity index (χ1v) is 16.4. The quantitative estimate of drug-likeness (QED) is 0.180. The summed E-state index contributed by atoms with van der Waals surface area (Å²) in [4.78, 5) is 66.9. The van der Waals surface area contributed by atoms with E-state index in [0.29, 0.717) is 30.1 Å². The summed E-state index contributed by atoms with van der Waals surface area (Å²) in [5, 5.41) is 6.54. The summed E-state index contributed by atoms with van der Waals surface area (Å²) in [5.41, 5.74) is 0.850. The molecule has 0 aliphatic heterocycles. The summed E-state index contributed by atoms with van der Waals surface area (Å²) < 4.78 is 1.02. The SMILES string of the molecule is O=C(NCc1ccccc1)C(=O)[C@H](C[C@@H]1CCCC1=O)NC(=O)[C@@H](CC(=O)c1cc2ccccc2s1)CC1CCCCC1. The van der Waals surface area contributed by atoms with E-state index in [0.717, 1.165) is 47.8 Å². The van der Waals surface area contributed by atoms with Crippen molar-refractivity contribution < 1.29 is 24.0 Å². The molecule has 2 amide bonds. The third-order valence-corrected chi connectivity index (χ3v) is 10.1. The minimum absolute atomic E-state index is 0.0403. The van der Waals surface area contributed by atoms with Gasteiger partial charge in [0.05, 0.1) is 10.9 Å². The summed E-state index contributed by atoms with van der Waals surface area (Å²) in [5.74, 6) is -2.61. The van der Waals surface area contributed by atoms with Gasteiger partial charge in [0.15, 0.2) is 5.78 Å². The topological polar surface area (TPSA) is 109 Å². The number of nitrogens with one attached hydrogen (secondary N) is 2. The van der Waals surface area contributed by atoms with Crippen molar-refractivity contribution in [3.63, 3.8) is 0 Å². The molecule has 0 saturated heterocycles. The molecule has 43 heavy (non-hydrogen) atoms. The maximum absolute atomic E-state index is 13.9. The zero-order chi connectivity index (χ0) is 30.2. The van der Waals surface area contributed by atoms with Crippen LogP contribution < -0.4 is 10.6 Å². The molecule has 8 heteroatoms. The maximum atomic E-state index is 13.9. The molecule has 226 valence electrons. The Morgan fingerprint density at radius 2 is 1.60 bits per heavy atom. The summed E-state index contributed by atoms with van der Waals surface area (Å²) >= 11 is 1.43. The molecule has 0 unspecified atom stereocenters. The molecule has 2 N–H and O–H groups in total. The molecule has 2 aliphatic rings. The van der Waals surface area contributed by atoms with Gasteiger partial charge in [-0.3, -0.25) is 24.0 Å². The molecule has 1 aromatic heterocycles. The number of Topliss-reactive ketones (excluding diaryl/α,β-unsaturated/α-hetero) is 3. The standard InChI is InChI=1S/C35H40N2O5S/c38-29-16-9-15-25(29)19-28(33(40)35(42)36-22-24-12-5-2-6-13-24)37-34(41)27(18-23-10-3-1-4-11-23)20-30(39)32-21-26-14-7-8-17-31(26)43-32/h2,5-8,12-14,17,21,23,25,27-28H,1,3-4,9-11,15-16,18-20,22H2,(H,36,42)(H,37,41)/t25-,27+,28-/m0/s1. The number of hydrogen-bond donors (Lipinski definition) is 2. The molecule has 7 nitrogen and oxygen atoms in total. The first-order valence-electron chi connectivity index (χ1n) is 15.6. The van der Waals surface area contributed by atoms with Gasteiger partial charge >= 0.3 is 0 Å². The lowest BCUT2D eigenvalue weighted by Gasteiger charge is -2.27. The van der Waals surface area contributed by atoms with Gasteiger partial charge in [-0.1, -0.05) is 80.6 Å². The number of thiophene rings is 1. The Hall–Kier alpha value is -3.65. The minimum Gasteiger partial charge on any atom is -0.345 e. The van der Waals surface area contributed by atoms with E-state index >= 15 is 0 Å². The highest BCUT2D eigenvalue weighted by atomic mass is 32.1. The van der Waals surface area contributed by atoms with Crippen LogP contribution in [0.1, 0.15) is 85.9 Å². The molecular formula is C35H40N2O5S. The van der Waals surface area contributed by atoms with Crippen molar-refractivity contribution in [1.29, 1.82) is 0 Å². The predicted octanol–water partition coefficient (Wildman–Crippen LogP) is 6.19. The highest BCUT2D eigenvalue weighted by Gasteiger charge is 2.36. The van der Waals surface area contributed by atoms with E-state index in [9.17, 15) is 24.0 Å². The Kier molecular flexibility index (Phi) is 10.5. The van der Waals surface area contributed by atoms with Gasteiger partial charge in [-0.05, 0) is 54.7 Å². The predicted molar refractivity (Wildman–Crippen MR) is 168 cm³/mol. The number of fused-ring (bicyclic) bond motifs is 1. The number of amides is 2.